The summed E-state index contributed by atoms with van der Waals surface area (Å²) in [4.78, 5) is 33.3. The number of aromatic nitrogens is 4. The van der Waals surface area contributed by atoms with E-state index in [1.807, 2.05) is 0 Å². The smallest absolute Gasteiger partial charge is 0.417 e. The largest absolute Gasteiger partial charge is 0.457 e. The molecule has 1 aliphatic rings. The number of halogens is 3. The highest BCUT2D eigenvalue weighted by Crippen LogP contribution is 2.33. The molecule has 2 N–H and O–H groups in total. The number of methoxy groups -OCH3 is 1. The minimum Gasteiger partial charge on any atom is -0.457 e. The number of anilines is 3. The second-order valence-electron chi connectivity index (χ2n) is 9.49. The van der Waals surface area contributed by atoms with Crippen molar-refractivity contribution in [2.75, 3.05) is 31.0 Å². The van der Waals surface area contributed by atoms with Crippen LogP contribution in [0.1, 0.15) is 24.9 Å². The standard InChI is InChI=1S/C27H27F3N6O5/c1-15(37)32-24-12-18(6-8-31-24)41-17-4-5-19-21(11-17)35(2)26(33-19)34-20-10-16(27(28,29)30)13-36(25(20)38)22-14-40-9-7-23(22)39-3/h4-6,8,10-13,22-23H,7,9,14H2,1-3H3,(H,33,34)(H,31,32,37)/t22-,23+/m1/s1. The minimum absolute atomic E-state index is 0.0397. The van der Waals surface area contributed by atoms with E-state index in [0.717, 1.165) is 16.8 Å². The molecule has 0 unspecified atom stereocenters. The minimum atomic E-state index is -4.70. The SMILES string of the molecule is CO[C@H]1CCOC[C@H]1n1cc(C(F)(F)F)cc(Nc2nc3ccc(Oc4ccnc(NC(C)=O)c4)cc3n2C)c1=O. The molecule has 3 aromatic heterocycles. The number of nitrogens with zero attached hydrogens (tertiary/aromatic N) is 4. The fourth-order valence-electron chi connectivity index (χ4n) is 4.66. The predicted molar refractivity (Wildman–Crippen MR) is 144 cm³/mol. The van der Waals surface area contributed by atoms with Crippen molar-refractivity contribution in [2.45, 2.75) is 31.7 Å². The lowest BCUT2D eigenvalue weighted by atomic mass is 10.1. The van der Waals surface area contributed by atoms with Gasteiger partial charge in [0.05, 0.1) is 35.3 Å². The fourth-order valence-corrected chi connectivity index (χ4v) is 4.66. The third-order valence-corrected chi connectivity index (χ3v) is 6.66. The van der Waals surface area contributed by atoms with Gasteiger partial charge in [-0.15, -0.1) is 0 Å². The van der Waals surface area contributed by atoms with Crippen LogP contribution in [0.4, 0.5) is 30.6 Å². The molecule has 1 fully saturated rings. The Balaban J connectivity index is 1.48. The zero-order valence-corrected chi connectivity index (χ0v) is 22.4. The number of carbonyl (C=O) groups excluding carboxylic acids is 1. The van der Waals surface area contributed by atoms with Crippen LogP contribution in [-0.4, -0.2) is 51.4 Å². The number of aryl methyl sites for hydroxylation is 1. The molecule has 1 amide bonds. The van der Waals surface area contributed by atoms with Crippen molar-refractivity contribution in [3.05, 3.63) is 64.7 Å². The zero-order chi connectivity index (χ0) is 29.3. The van der Waals surface area contributed by atoms with Crippen LogP contribution in [0.15, 0.2) is 53.6 Å². The van der Waals surface area contributed by atoms with Gasteiger partial charge in [0.2, 0.25) is 11.9 Å². The monoisotopic (exact) mass is 572 g/mol. The third kappa shape index (κ3) is 6.02. The van der Waals surface area contributed by atoms with Gasteiger partial charge in [0.25, 0.3) is 5.56 Å². The molecule has 41 heavy (non-hydrogen) atoms. The number of ether oxygens (including phenoxy) is 3. The number of amides is 1. The Morgan fingerprint density at radius 3 is 2.68 bits per heavy atom. The van der Waals surface area contributed by atoms with Gasteiger partial charge in [-0.1, -0.05) is 0 Å². The summed E-state index contributed by atoms with van der Waals surface area (Å²) in [7, 11) is 3.11. The van der Waals surface area contributed by atoms with E-state index in [-0.39, 0.29) is 24.1 Å². The molecule has 14 heteroatoms. The number of carbonyl (C=O) groups is 1. The van der Waals surface area contributed by atoms with Gasteiger partial charge in [-0.3, -0.25) is 9.59 Å². The first-order chi connectivity index (χ1) is 19.5. The second-order valence-corrected chi connectivity index (χ2v) is 9.49. The summed E-state index contributed by atoms with van der Waals surface area (Å²) in [5.74, 6) is 1.07. The number of hydrogen-bond donors (Lipinski definition) is 2. The number of imidazole rings is 1. The van der Waals surface area contributed by atoms with Crippen LogP contribution in [0.3, 0.4) is 0 Å². The lowest BCUT2D eigenvalue weighted by molar-refractivity contribution is -0.138. The van der Waals surface area contributed by atoms with E-state index >= 15 is 0 Å². The number of pyridine rings is 2. The average molecular weight is 573 g/mol. The average Bonchev–Trinajstić information content (AvgIpc) is 3.23. The third-order valence-electron chi connectivity index (χ3n) is 6.66. The number of benzene rings is 1. The molecule has 4 heterocycles. The number of rotatable bonds is 7. The maximum Gasteiger partial charge on any atom is 0.417 e. The van der Waals surface area contributed by atoms with Crippen LogP contribution in [-0.2, 0) is 27.5 Å². The molecule has 0 saturated carbocycles. The summed E-state index contributed by atoms with van der Waals surface area (Å²) in [5, 5.41) is 5.38. The van der Waals surface area contributed by atoms with Crippen LogP contribution >= 0.6 is 0 Å². The van der Waals surface area contributed by atoms with Crippen LogP contribution in [0.5, 0.6) is 11.5 Å². The first-order valence-corrected chi connectivity index (χ1v) is 12.6. The molecule has 0 bridgehead atoms. The van der Waals surface area contributed by atoms with Gasteiger partial charge >= 0.3 is 6.18 Å². The Hall–Kier alpha value is -4.43. The zero-order valence-electron chi connectivity index (χ0n) is 22.4. The quantitative estimate of drug-likeness (QED) is 0.329. The van der Waals surface area contributed by atoms with E-state index in [2.05, 4.69) is 20.6 Å². The summed E-state index contributed by atoms with van der Waals surface area (Å²) in [5.41, 5.74) is -0.848. The fraction of sp³-hybridized carbons (Fsp3) is 0.333. The van der Waals surface area contributed by atoms with Crippen LogP contribution in [0.25, 0.3) is 11.0 Å². The summed E-state index contributed by atoms with van der Waals surface area (Å²) >= 11 is 0. The molecule has 1 saturated heterocycles. The Kier molecular flexibility index (Phi) is 7.69. The molecule has 11 nitrogen and oxygen atoms in total. The van der Waals surface area contributed by atoms with E-state index < -0.39 is 29.4 Å². The second kappa shape index (κ2) is 11.2. The van der Waals surface area contributed by atoms with E-state index in [1.54, 1.807) is 41.9 Å². The van der Waals surface area contributed by atoms with Crippen molar-refractivity contribution < 1.29 is 32.2 Å². The molecule has 0 radical (unpaired) electrons. The topological polar surface area (TPSA) is 122 Å². The Morgan fingerprint density at radius 1 is 1.17 bits per heavy atom. The highest BCUT2D eigenvalue weighted by Gasteiger charge is 2.35. The summed E-state index contributed by atoms with van der Waals surface area (Å²) < 4.78 is 61.0. The molecule has 1 aromatic carbocycles. The van der Waals surface area contributed by atoms with Gasteiger partial charge < -0.3 is 34.0 Å². The lowest BCUT2D eigenvalue weighted by Crippen LogP contribution is -2.41. The Morgan fingerprint density at radius 2 is 1.95 bits per heavy atom. The molecule has 0 spiro atoms. The van der Waals surface area contributed by atoms with Crippen molar-refractivity contribution >= 4 is 34.4 Å². The van der Waals surface area contributed by atoms with E-state index in [1.165, 1.54) is 20.2 Å². The molecular weight excluding hydrogens is 545 g/mol. The van der Waals surface area contributed by atoms with Crippen molar-refractivity contribution in [2.24, 2.45) is 7.05 Å². The predicted octanol–water partition coefficient (Wildman–Crippen LogP) is 4.62. The van der Waals surface area contributed by atoms with Crippen LogP contribution in [0.2, 0.25) is 0 Å². The van der Waals surface area contributed by atoms with Gasteiger partial charge in [0, 0.05) is 52.2 Å². The van der Waals surface area contributed by atoms with Gasteiger partial charge in [-0.2, -0.15) is 13.2 Å². The molecular formula is C27H27F3N6O5. The highest BCUT2D eigenvalue weighted by atomic mass is 19.4. The van der Waals surface area contributed by atoms with E-state index in [9.17, 15) is 22.8 Å². The summed E-state index contributed by atoms with van der Waals surface area (Å²) in [6.07, 6.45) is -2.46. The van der Waals surface area contributed by atoms with Gasteiger partial charge in [0.15, 0.2) is 0 Å². The highest BCUT2D eigenvalue weighted by molar-refractivity contribution is 5.87. The van der Waals surface area contributed by atoms with Crippen molar-refractivity contribution in [1.29, 1.82) is 0 Å². The number of fused-ring (bicyclic) bond motifs is 1. The molecule has 4 aromatic rings. The van der Waals surface area contributed by atoms with Crippen LogP contribution < -0.4 is 20.9 Å². The maximum absolute atomic E-state index is 13.9. The number of nitrogens with one attached hydrogen (secondary N) is 2. The molecule has 2 atom stereocenters. The van der Waals surface area contributed by atoms with E-state index in [4.69, 9.17) is 14.2 Å². The van der Waals surface area contributed by atoms with E-state index in [0.29, 0.717) is 41.4 Å². The van der Waals surface area contributed by atoms with Crippen molar-refractivity contribution in [3.8, 4) is 11.5 Å². The van der Waals surface area contributed by atoms with Crippen molar-refractivity contribution in [3.63, 3.8) is 0 Å². The molecule has 216 valence electrons. The Bertz CT molecular complexity index is 1650. The van der Waals surface area contributed by atoms with Crippen molar-refractivity contribution in [1.82, 2.24) is 19.1 Å². The first kappa shape index (κ1) is 28.1. The number of alkyl halides is 3. The van der Waals surface area contributed by atoms with Gasteiger partial charge in [0.1, 0.15) is 23.0 Å². The molecule has 0 aliphatic carbocycles. The first-order valence-electron chi connectivity index (χ1n) is 12.6. The summed E-state index contributed by atoms with van der Waals surface area (Å²) in [6.45, 7) is 1.79. The normalized spacial score (nSPS) is 17.4. The lowest BCUT2D eigenvalue weighted by Gasteiger charge is -2.32. The van der Waals surface area contributed by atoms with Crippen LogP contribution in [0, 0.1) is 0 Å². The summed E-state index contributed by atoms with van der Waals surface area (Å²) in [6, 6.07) is 8.26. The number of hydrogen-bond acceptors (Lipinski definition) is 8. The maximum atomic E-state index is 13.9. The van der Waals surface area contributed by atoms with Gasteiger partial charge in [-0.25, -0.2) is 9.97 Å². The molecule has 1 aliphatic heterocycles. The van der Waals surface area contributed by atoms with Gasteiger partial charge in [-0.05, 0) is 30.7 Å². The molecule has 5 rings (SSSR count). The Labute approximate surface area is 231 Å².